The molecule has 1 aliphatic heterocycles. The summed E-state index contributed by atoms with van der Waals surface area (Å²) < 4.78 is 39.8. The van der Waals surface area contributed by atoms with E-state index in [1.165, 1.54) is 0 Å². The Hall–Kier alpha value is -0.980. The van der Waals surface area contributed by atoms with E-state index in [0.29, 0.717) is 41.9 Å². The van der Waals surface area contributed by atoms with Crippen molar-refractivity contribution < 1.29 is 22.6 Å². The second kappa shape index (κ2) is 6.65. The zero-order valence-corrected chi connectivity index (χ0v) is 12.8. The monoisotopic (exact) mass is 320 g/mol. The van der Waals surface area contributed by atoms with Crippen LogP contribution in [0.15, 0.2) is 12.1 Å². The zero-order valence-electron chi connectivity index (χ0n) is 11.2. The standard InChI is InChI=1S/C13H17ClO5S/c1-2-17-5-6-20(15,16)9-10-7-11(14)13-12(8-10)18-3-4-19-13/h7-8H,2-6,9H2,1H3. The summed E-state index contributed by atoms with van der Waals surface area (Å²) in [7, 11) is -3.23. The van der Waals surface area contributed by atoms with E-state index in [-0.39, 0.29) is 18.1 Å². The lowest BCUT2D eigenvalue weighted by molar-refractivity contribution is 0.163. The van der Waals surface area contributed by atoms with E-state index in [2.05, 4.69) is 0 Å². The molecular formula is C13H17ClO5S. The maximum absolute atomic E-state index is 12.0. The number of halogens is 1. The normalized spacial score (nSPS) is 14.3. The van der Waals surface area contributed by atoms with Crippen LogP contribution in [0, 0.1) is 0 Å². The second-order valence-corrected chi connectivity index (χ2v) is 6.98. The van der Waals surface area contributed by atoms with Crippen molar-refractivity contribution >= 4 is 21.4 Å². The van der Waals surface area contributed by atoms with Crippen molar-refractivity contribution in [3.8, 4) is 11.5 Å². The number of fused-ring (bicyclic) bond motifs is 1. The van der Waals surface area contributed by atoms with E-state index in [1.54, 1.807) is 12.1 Å². The summed E-state index contributed by atoms with van der Waals surface area (Å²) in [5, 5.41) is 0.372. The van der Waals surface area contributed by atoms with Gasteiger partial charge in [-0.2, -0.15) is 0 Å². The fourth-order valence-corrected chi connectivity index (χ4v) is 3.38. The Kier molecular flexibility index (Phi) is 5.12. The van der Waals surface area contributed by atoms with Gasteiger partial charge in [0.1, 0.15) is 13.2 Å². The first-order valence-electron chi connectivity index (χ1n) is 6.38. The van der Waals surface area contributed by atoms with Crippen LogP contribution in [0.3, 0.4) is 0 Å². The molecule has 0 fully saturated rings. The van der Waals surface area contributed by atoms with Crippen molar-refractivity contribution in [1.29, 1.82) is 0 Å². The van der Waals surface area contributed by atoms with Gasteiger partial charge in [-0.25, -0.2) is 8.42 Å². The average molecular weight is 321 g/mol. The van der Waals surface area contributed by atoms with Crippen LogP contribution in [0.2, 0.25) is 5.02 Å². The second-order valence-electron chi connectivity index (χ2n) is 4.39. The van der Waals surface area contributed by atoms with Gasteiger partial charge in [-0.05, 0) is 24.6 Å². The van der Waals surface area contributed by atoms with Crippen molar-refractivity contribution in [2.75, 3.05) is 32.2 Å². The van der Waals surface area contributed by atoms with Crippen LogP contribution in [0.1, 0.15) is 12.5 Å². The van der Waals surface area contributed by atoms with Crippen molar-refractivity contribution in [2.24, 2.45) is 0 Å². The van der Waals surface area contributed by atoms with E-state index < -0.39 is 9.84 Å². The van der Waals surface area contributed by atoms with Crippen molar-refractivity contribution in [1.82, 2.24) is 0 Å². The number of hydrogen-bond donors (Lipinski definition) is 0. The van der Waals surface area contributed by atoms with Gasteiger partial charge < -0.3 is 14.2 Å². The maximum Gasteiger partial charge on any atom is 0.179 e. The first kappa shape index (κ1) is 15.4. The van der Waals surface area contributed by atoms with Crippen molar-refractivity contribution in [3.63, 3.8) is 0 Å². The molecule has 2 rings (SSSR count). The molecular weight excluding hydrogens is 304 g/mol. The molecule has 0 N–H and O–H groups in total. The fraction of sp³-hybridized carbons (Fsp3) is 0.538. The van der Waals surface area contributed by atoms with Crippen LogP contribution in [0.25, 0.3) is 0 Å². The molecule has 1 aliphatic rings. The van der Waals surface area contributed by atoms with Crippen LogP contribution in [0.5, 0.6) is 11.5 Å². The van der Waals surface area contributed by atoms with Crippen LogP contribution in [-0.4, -0.2) is 40.6 Å². The molecule has 0 aromatic heterocycles. The first-order chi connectivity index (χ1) is 9.52. The topological polar surface area (TPSA) is 61.8 Å². The van der Waals surface area contributed by atoms with E-state index in [4.69, 9.17) is 25.8 Å². The minimum Gasteiger partial charge on any atom is -0.486 e. The smallest absolute Gasteiger partial charge is 0.179 e. The molecule has 0 bridgehead atoms. The zero-order chi connectivity index (χ0) is 14.6. The summed E-state index contributed by atoms with van der Waals surface area (Å²) in [6.07, 6.45) is 0. The Balaban J connectivity index is 2.11. The highest BCUT2D eigenvalue weighted by Crippen LogP contribution is 2.38. The van der Waals surface area contributed by atoms with E-state index >= 15 is 0 Å². The first-order valence-corrected chi connectivity index (χ1v) is 8.58. The lowest BCUT2D eigenvalue weighted by Gasteiger charge is -2.20. The minimum atomic E-state index is -3.23. The molecule has 1 aromatic carbocycles. The largest absolute Gasteiger partial charge is 0.486 e. The third-order valence-electron chi connectivity index (χ3n) is 2.79. The molecule has 1 aromatic rings. The minimum absolute atomic E-state index is 0.00704. The molecule has 20 heavy (non-hydrogen) atoms. The van der Waals surface area contributed by atoms with Crippen molar-refractivity contribution in [2.45, 2.75) is 12.7 Å². The Morgan fingerprint density at radius 1 is 1.30 bits per heavy atom. The SMILES string of the molecule is CCOCCS(=O)(=O)Cc1cc(Cl)c2c(c1)OCCO2. The Labute approximate surface area is 123 Å². The fourth-order valence-electron chi connectivity index (χ4n) is 1.90. The molecule has 7 heteroatoms. The van der Waals surface area contributed by atoms with Gasteiger partial charge in [-0.3, -0.25) is 0 Å². The number of rotatable bonds is 6. The molecule has 0 unspecified atom stereocenters. The van der Waals surface area contributed by atoms with Crippen LogP contribution in [0.4, 0.5) is 0 Å². The third kappa shape index (κ3) is 4.01. The number of ether oxygens (including phenoxy) is 3. The number of hydrogen-bond acceptors (Lipinski definition) is 5. The highest BCUT2D eigenvalue weighted by atomic mass is 35.5. The van der Waals surface area contributed by atoms with Gasteiger partial charge in [0.05, 0.1) is 23.1 Å². The lowest BCUT2D eigenvalue weighted by atomic mass is 10.2. The van der Waals surface area contributed by atoms with Crippen LogP contribution < -0.4 is 9.47 Å². The lowest BCUT2D eigenvalue weighted by Crippen LogP contribution is -2.17. The number of sulfone groups is 1. The summed E-state index contributed by atoms with van der Waals surface area (Å²) in [5.41, 5.74) is 0.593. The predicted octanol–water partition coefficient (Wildman–Crippen LogP) is 2.06. The Morgan fingerprint density at radius 3 is 2.80 bits per heavy atom. The predicted molar refractivity (Wildman–Crippen MR) is 76.4 cm³/mol. The van der Waals surface area contributed by atoms with E-state index in [1.807, 2.05) is 6.92 Å². The molecule has 0 saturated heterocycles. The molecule has 0 radical (unpaired) electrons. The summed E-state index contributed by atoms with van der Waals surface area (Å²) in [4.78, 5) is 0. The van der Waals surface area contributed by atoms with Gasteiger partial charge >= 0.3 is 0 Å². The third-order valence-corrected chi connectivity index (χ3v) is 4.63. The summed E-state index contributed by atoms with van der Waals surface area (Å²) in [6, 6.07) is 3.27. The Bertz CT molecular complexity index is 570. The molecule has 0 atom stereocenters. The van der Waals surface area contributed by atoms with Gasteiger partial charge in [0.15, 0.2) is 21.3 Å². The maximum atomic E-state index is 12.0. The van der Waals surface area contributed by atoms with Gasteiger partial charge in [0.25, 0.3) is 0 Å². The molecule has 112 valence electrons. The van der Waals surface area contributed by atoms with Crippen LogP contribution in [-0.2, 0) is 20.3 Å². The van der Waals surface area contributed by atoms with E-state index in [0.717, 1.165) is 0 Å². The molecule has 0 amide bonds. The van der Waals surface area contributed by atoms with E-state index in [9.17, 15) is 8.42 Å². The van der Waals surface area contributed by atoms with Crippen molar-refractivity contribution in [3.05, 3.63) is 22.7 Å². The molecule has 0 saturated carbocycles. The number of benzene rings is 1. The van der Waals surface area contributed by atoms with Gasteiger partial charge in [-0.1, -0.05) is 11.6 Å². The quantitative estimate of drug-likeness (QED) is 0.751. The van der Waals surface area contributed by atoms with Crippen LogP contribution >= 0.6 is 11.6 Å². The molecule has 0 spiro atoms. The molecule has 1 heterocycles. The highest BCUT2D eigenvalue weighted by molar-refractivity contribution is 7.90. The highest BCUT2D eigenvalue weighted by Gasteiger charge is 2.19. The van der Waals surface area contributed by atoms with Gasteiger partial charge in [0, 0.05) is 6.61 Å². The average Bonchev–Trinajstić information content (AvgIpc) is 2.38. The summed E-state index contributed by atoms with van der Waals surface area (Å²) in [5.74, 6) is 0.885. The Morgan fingerprint density at radius 2 is 2.05 bits per heavy atom. The summed E-state index contributed by atoms with van der Waals surface area (Å²) >= 11 is 6.08. The van der Waals surface area contributed by atoms with Gasteiger partial charge in [0.2, 0.25) is 0 Å². The van der Waals surface area contributed by atoms with Gasteiger partial charge in [-0.15, -0.1) is 0 Å². The molecule has 5 nitrogen and oxygen atoms in total. The molecule has 0 aliphatic carbocycles. The summed E-state index contributed by atoms with van der Waals surface area (Å²) in [6.45, 7) is 3.41.